The summed E-state index contributed by atoms with van der Waals surface area (Å²) in [6.07, 6.45) is 1.45. The van der Waals surface area contributed by atoms with Crippen LogP contribution in [0, 0.1) is 3.57 Å². The Hall–Kier alpha value is -1.14. The van der Waals surface area contributed by atoms with Crippen molar-refractivity contribution < 1.29 is 4.79 Å². The van der Waals surface area contributed by atoms with E-state index in [0.717, 1.165) is 9.26 Å². The Morgan fingerprint density at radius 1 is 1.29 bits per heavy atom. The van der Waals surface area contributed by atoms with Crippen LogP contribution < -0.4 is 5.32 Å². The number of anilines is 1. The van der Waals surface area contributed by atoms with Gasteiger partial charge in [-0.1, -0.05) is 17.7 Å². The Balaban J connectivity index is 2.14. The van der Waals surface area contributed by atoms with Gasteiger partial charge in [-0.2, -0.15) is 0 Å². The van der Waals surface area contributed by atoms with E-state index in [-0.39, 0.29) is 5.91 Å². The van der Waals surface area contributed by atoms with Crippen LogP contribution in [0.2, 0.25) is 5.02 Å². The average molecular weight is 359 g/mol. The van der Waals surface area contributed by atoms with E-state index in [0.29, 0.717) is 10.7 Å². The van der Waals surface area contributed by atoms with Crippen molar-refractivity contribution in [2.24, 2.45) is 0 Å². The number of aromatic nitrogens is 1. The molecule has 0 radical (unpaired) electrons. The van der Waals surface area contributed by atoms with Crippen LogP contribution in [0.1, 0.15) is 10.5 Å². The zero-order chi connectivity index (χ0) is 12.3. The van der Waals surface area contributed by atoms with E-state index in [9.17, 15) is 4.79 Å². The number of nitrogens with zero attached hydrogens (tertiary/aromatic N) is 1. The molecule has 1 heterocycles. The third-order valence-electron chi connectivity index (χ3n) is 2.04. The molecular formula is C12H8ClIN2O. The van der Waals surface area contributed by atoms with E-state index in [1.165, 1.54) is 6.20 Å². The van der Waals surface area contributed by atoms with Crippen molar-refractivity contribution in [3.8, 4) is 0 Å². The van der Waals surface area contributed by atoms with Gasteiger partial charge in [0.15, 0.2) is 0 Å². The van der Waals surface area contributed by atoms with E-state index >= 15 is 0 Å². The molecule has 0 saturated carbocycles. The predicted molar refractivity (Wildman–Crippen MR) is 76.4 cm³/mol. The van der Waals surface area contributed by atoms with Crippen molar-refractivity contribution in [3.63, 3.8) is 0 Å². The van der Waals surface area contributed by atoms with Crippen LogP contribution in [0.15, 0.2) is 42.6 Å². The molecule has 1 N–H and O–H groups in total. The second-order valence-electron chi connectivity index (χ2n) is 3.33. The number of amides is 1. The first-order valence-corrected chi connectivity index (χ1v) is 6.29. The highest BCUT2D eigenvalue weighted by atomic mass is 127. The third-order valence-corrected chi connectivity index (χ3v) is 2.94. The Morgan fingerprint density at radius 3 is 2.76 bits per heavy atom. The fourth-order valence-electron chi connectivity index (χ4n) is 1.27. The van der Waals surface area contributed by atoms with Gasteiger partial charge in [-0.3, -0.25) is 4.79 Å². The topological polar surface area (TPSA) is 42.0 Å². The molecule has 3 nitrogen and oxygen atoms in total. The smallest absolute Gasteiger partial charge is 0.274 e. The lowest BCUT2D eigenvalue weighted by Gasteiger charge is -2.04. The van der Waals surface area contributed by atoms with Crippen LogP contribution in [-0.4, -0.2) is 10.9 Å². The third kappa shape index (κ3) is 3.41. The SMILES string of the molecule is O=C(Nc1cccc(I)c1)c1ccc(Cl)cn1. The molecule has 0 bridgehead atoms. The molecule has 1 aromatic carbocycles. The standard InChI is InChI=1S/C12H8ClIN2O/c13-8-4-5-11(15-7-8)12(17)16-10-3-1-2-9(14)6-10/h1-7H,(H,16,17). The molecule has 0 spiro atoms. The van der Waals surface area contributed by atoms with Gasteiger partial charge >= 0.3 is 0 Å². The van der Waals surface area contributed by atoms with Crippen molar-refractivity contribution in [3.05, 3.63) is 56.9 Å². The second kappa shape index (κ2) is 5.46. The van der Waals surface area contributed by atoms with Crippen LogP contribution in [0.25, 0.3) is 0 Å². The summed E-state index contributed by atoms with van der Waals surface area (Å²) < 4.78 is 1.06. The molecule has 0 atom stereocenters. The summed E-state index contributed by atoms with van der Waals surface area (Å²) in [5, 5.41) is 3.28. The highest BCUT2D eigenvalue weighted by molar-refractivity contribution is 14.1. The molecule has 1 aromatic heterocycles. The molecular weight excluding hydrogens is 351 g/mol. The summed E-state index contributed by atoms with van der Waals surface area (Å²) in [5.41, 5.74) is 1.09. The Morgan fingerprint density at radius 2 is 2.12 bits per heavy atom. The van der Waals surface area contributed by atoms with Crippen LogP contribution in [-0.2, 0) is 0 Å². The molecule has 5 heteroatoms. The normalized spacial score (nSPS) is 10.0. The van der Waals surface area contributed by atoms with Crippen LogP contribution in [0.3, 0.4) is 0 Å². The monoisotopic (exact) mass is 358 g/mol. The first kappa shape index (κ1) is 12.3. The molecule has 1 amide bonds. The summed E-state index contributed by atoms with van der Waals surface area (Å²) in [6, 6.07) is 10.8. The Labute approximate surface area is 117 Å². The first-order valence-electron chi connectivity index (χ1n) is 4.83. The van der Waals surface area contributed by atoms with Gasteiger partial charge in [0.05, 0.1) is 5.02 Å². The van der Waals surface area contributed by atoms with Crippen molar-refractivity contribution in [1.82, 2.24) is 4.98 Å². The summed E-state index contributed by atoms with van der Waals surface area (Å²) in [5.74, 6) is -0.247. The molecule has 17 heavy (non-hydrogen) atoms. The van der Waals surface area contributed by atoms with Gasteiger partial charge in [0.25, 0.3) is 5.91 Å². The number of nitrogens with one attached hydrogen (secondary N) is 1. The van der Waals surface area contributed by atoms with Gasteiger partial charge in [0.1, 0.15) is 5.69 Å². The number of rotatable bonds is 2. The molecule has 0 aliphatic heterocycles. The number of pyridine rings is 1. The second-order valence-corrected chi connectivity index (χ2v) is 5.01. The Kier molecular flexibility index (Phi) is 3.96. The average Bonchev–Trinajstić information content (AvgIpc) is 2.29. The molecule has 86 valence electrons. The minimum absolute atomic E-state index is 0.247. The number of benzene rings is 1. The minimum atomic E-state index is -0.247. The maximum Gasteiger partial charge on any atom is 0.274 e. The highest BCUT2D eigenvalue weighted by Crippen LogP contribution is 2.13. The van der Waals surface area contributed by atoms with E-state index in [1.54, 1.807) is 12.1 Å². The van der Waals surface area contributed by atoms with E-state index in [4.69, 9.17) is 11.6 Å². The molecule has 0 aliphatic rings. The molecule has 0 unspecified atom stereocenters. The van der Waals surface area contributed by atoms with Gasteiger partial charge in [0.2, 0.25) is 0 Å². The largest absolute Gasteiger partial charge is 0.321 e. The van der Waals surface area contributed by atoms with Crippen LogP contribution in [0.5, 0.6) is 0 Å². The highest BCUT2D eigenvalue weighted by Gasteiger charge is 2.07. The van der Waals surface area contributed by atoms with Gasteiger partial charge in [-0.25, -0.2) is 4.98 Å². The van der Waals surface area contributed by atoms with Gasteiger partial charge in [-0.05, 0) is 52.9 Å². The minimum Gasteiger partial charge on any atom is -0.321 e. The lowest BCUT2D eigenvalue weighted by Crippen LogP contribution is -2.13. The van der Waals surface area contributed by atoms with Crippen LogP contribution in [0.4, 0.5) is 5.69 Å². The van der Waals surface area contributed by atoms with Crippen LogP contribution >= 0.6 is 34.2 Å². The van der Waals surface area contributed by atoms with Gasteiger partial charge in [0, 0.05) is 15.5 Å². The number of carbonyl (C=O) groups excluding carboxylic acids is 1. The van der Waals surface area contributed by atoms with Crippen molar-refractivity contribution in [1.29, 1.82) is 0 Å². The van der Waals surface area contributed by atoms with E-state index in [2.05, 4.69) is 32.9 Å². The molecule has 0 fully saturated rings. The fraction of sp³-hybridized carbons (Fsp3) is 0. The van der Waals surface area contributed by atoms with Crippen molar-refractivity contribution in [2.45, 2.75) is 0 Å². The van der Waals surface area contributed by atoms with Crippen molar-refractivity contribution in [2.75, 3.05) is 5.32 Å². The maximum absolute atomic E-state index is 11.8. The van der Waals surface area contributed by atoms with Crippen molar-refractivity contribution >= 4 is 45.8 Å². The van der Waals surface area contributed by atoms with E-state index < -0.39 is 0 Å². The number of carbonyl (C=O) groups is 1. The number of hydrogen-bond acceptors (Lipinski definition) is 2. The lowest BCUT2D eigenvalue weighted by molar-refractivity contribution is 0.102. The summed E-state index contributed by atoms with van der Waals surface area (Å²) >= 11 is 7.89. The number of halogens is 2. The first-order chi connectivity index (χ1) is 8.15. The summed E-state index contributed by atoms with van der Waals surface area (Å²) in [4.78, 5) is 15.8. The molecule has 0 saturated heterocycles. The maximum atomic E-state index is 11.8. The molecule has 0 aliphatic carbocycles. The fourth-order valence-corrected chi connectivity index (χ4v) is 1.93. The summed E-state index contributed by atoms with van der Waals surface area (Å²) in [6.45, 7) is 0. The van der Waals surface area contributed by atoms with E-state index in [1.807, 2.05) is 24.3 Å². The quantitative estimate of drug-likeness (QED) is 0.834. The van der Waals surface area contributed by atoms with Gasteiger partial charge in [-0.15, -0.1) is 0 Å². The van der Waals surface area contributed by atoms with Gasteiger partial charge < -0.3 is 5.32 Å². The molecule has 2 aromatic rings. The lowest BCUT2D eigenvalue weighted by atomic mass is 10.3. The summed E-state index contributed by atoms with van der Waals surface area (Å²) in [7, 11) is 0. The zero-order valence-corrected chi connectivity index (χ0v) is 11.6. The predicted octanol–water partition coefficient (Wildman–Crippen LogP) is 3.59. The molecule has 2 rings (SSSR count). The number of hydrogen-bond donors (Lipinski definition) is 1. The zero-order valence-electron chi connectivity index (χ0n) is 8.65. The Bertz CT molecular complexity index is 542.